The highest BCUT2D eigenvalue weighted by Crippen LogP contribution is 2.12. The summed E-state index contributed by atoms with van der Waals surface area (Å²) in [6.45, 7) is 4.45. The third kappa shape index (κ3) is 5.82. The van der Waals surface area contributed by atoms with Crippen LogP contribution in [0.25, 0.3) is 0 Å². The summed E-state index contributed by atoms with van der Waals surface area (Å²) in [7, 11) is 0. The maximum absolute atomic E-state index is 11.7. The molecule has 0 aliphatic heterocycles. The zero-order valence-corrected chi connectivity index (χ0v) is 13.3. The summed E-state index contributed by atoms with van der Waals surface area (Å²) >= 11 is 0. The fourth-order valence-electron chi connectivity index (χ4n) is 1.88. The summed E-state index contributed by atoms with van der Waals surface area (Å²) in [5.41, 5.74) is 4.38. The minimum absolute atomic E-state index is 0.0793. The predicted molar refractivity (Wildman–Crippen MR) is 90.0 cm³/mol. The van der Waals surface area contributed by atoms with Gasteiger partial charge < -0.3 is 9.47 Å². The Balaban J connectivity index is 1.77. The first kappa shape index (κ1) is 16.5. The van der Waals surface area contributed by atoms with Crippen LogP contribution >= 0.6 is 0 Å². The molecule has 5 nitrogen and oxygen atoms in total. The van der Waals surface area contributed by atoms with E-state index in [1.165, 1.54) is 0 Å². The average Bonchev–Trinajstić information content (AvgIpc) is 2.55. The first-order valence-electron chi connectivity index (χ1n) is 7.41. The van der Waals surface area contributed by atoms with E-state index in [-0.39, 0.29) is 12.5 Å². The fraction of sp³-hybridized carbons (Fsp3) is 0.222. The third-order valence-electron chi connectivity index (χ3n) is 2.95. The number of aryl methyl sites for hydroxylation is 1. The van der Waals surface area contributed by atoms with Crippen LogP contribution < -0.4 is 14.9 Å². The summed E-state index contributed by atoms with van der Waals surface area (Å²) in [6, 6.07) is 15.0. The summed E-state index contributed by atoms with van der Waals surface area (Å²) < 4.78 is 10.7. The number of hydrazone groups is 1. The van der Waals surface area contributed by atoms with E-state index in [2.05, 4.69) is 10.5 Å². The molecule has 0 aliphatic rings. The lowest BCUT2D eigenvalue weighted by Gasteiger charge is -2.05. The quantitative estimate of drug-likeness (QED) is 0.631. The van der Waals surface area contributed by atoms with Crippen LogP contribution in [0.2, 0.25) is 0 Å². The molecule has 0 unspecified atom stereocenters. The Morgan fingerprint density at radius 1 is 1.13 bits per heavy atom. The molecule has 0 spiro atoms. The van der Waals surface area contributed by atoms with E-state index >= 15 is 0 Å². The number of amides is 1. The number of benzene rings is 2. The summed E-state index contributed by atoms with van der Waals surface area (Å²) in [4.78, 5) is 11.7. The topological polar surface area (TPSA) is 59.9 Å². The Bertz CT molecular complexity index is 666. The standard InChI is InChI=1S/C18H20N2O3/c1-3-22-16-9-7-15(8-10-16)12-19-20-18(21)13-23-17-6-4-5-14(2)11-17/h4-12H,3,13H2,1-2H3,(H,20,21). The van der Waals surface area contributed by atoms with Crippen LogP contribution in [0.4, 0.5) is 0 Å². The lowest BCUT2D eigenvalue weighted by atomic mass is 10.2. The van der Waals surface area contributed by atoms with Crippen molar-refractivity contribution in [2.75, 3.05) is 13.2 Å². The van der Waals surface area contributed by atoms with Crippen LogP contribution in [0.3, 0.4) is 0 Å². The van der Waals surface area contributed by atoms with Gasteiger partial charge in [-0.3, -0.25) is 4.79 Å². The van der Waals surface area contributed by atoms with E-state index in [0.717, 1.165) is 16.9 Å². The highest BCUT2D eigenvalue weighted by atomic mass is 16.5. The number of ether oxygens (including phenoxy) is 2. The van der Waals surface area contributed by atoms with Crippen molar-refractivity contribution in [3.8, 4) is 11.5 Å². The molecule has 0 radical (unpaired) electrons. The molecule has 1 N–H and O–H groups in total. The van der Waals surface area contributed by atoms with Gasteiger partial charge in [-0.2, -0.15) is 5.10 Å². The second-order valence-corrected chi connectivity index (χ2v) is 4.90. The molecular formula is C18H20N2O3. The number of carbonyl (C=O) groups excluding carboxylic acids is 1. The molecule has 120 valence electrons. The summed E-state index contributed by atoms with van der Waals surface area (Å²) in [6.07, 6.45) is 1.57. The maximum Gasteiger partial charge on any atom is 0.277 e. The van der Waals surface area contributed by atoms with Gasteiger partial charge in [0.25, 0.3) is 5.91 Å². The van der Waals surface area contributed by atoms with Gasteiger partial charge in [-0.15, -0.1) is 0 Å². The average molecular weight is 312 g/mol. The van der Waals surface area contributed by atoms with Gasteiger partial charge in [0.15, 0.2) is 6.61 Å². The number of nitrogens with zero attached hydrogens (tertiary/aromatic N) is 1. The summed E-state index contributed by atoms with van der Waals surface area (Å²) in [5, 5.41) is 3.90. The molecule has 2 aromatic carbocycles. The fourth-order valence-corrected chi connectivity index (χ4v) is 1.88. The van der Waals surface area contributed by atoms with Crippen LogP contribution in [0, 0.1) is 6.92 Å². The molecule has 2 rings (SSSR count). The van der Waals surface area contributed by atoms with Crippen molar-refractivity contribution in [1.29, 1.82) is 0 Å². The molecule has 23 heavy (non-hydrogen) atoms. The highest BCUT2D eigenvalue weighted by molar-refractivity contribution is 5.83. The molecule has 0 saturated carbocycles. The van der Waals surface area contributed by atoms with Gasteiger partial charge in [-0.1, -0.05) is 12.1 Å². The highest BCUT2D eigenvalue weighted by Gasteiger charge is 2.01. The van der Waals surface area contributed by atoms with Crippen molar-refractivity contribution in [3.05, 3.63) is 59.7 Å². The molecule has 0 bridgehead atoms. The zero-order chi connectivity index (χ0) is 16.5. The molecule has 0 heterocycles. The van der Waals surface area contributed by atoms with Crippen molar-refractivity contribution >= 4 is 12.1 Å². The van der Waals surface area contributed by atoms with E-state index in [1.54, 1.807) is 6.21 Å². The number of nitrogens with one attached hydrogen (secondary N) is 1. The molecule has 5 heteroatoms. The summed E-state index contributed by atoms with van der Waals surface area (Å²) in [5.74, 6) is 1.16. The van der Waals surface area contributed by atoms with E-state index in [4.69, 9.17) is 9.47 Å². The lowest BCUT2D eigenvalue weighted by molar-refractivity contribution is -0.123. The number of carbonyl (C=O) groups is 1. The Kier molecular flexibility index (Phi) is 6.17. The largest absolute Gasteiger partial charge is 0.494 e. The Morgan fingerprint density at radius 2 is 1.91 bits per heavy atom. The van der Waals surface area contributed by atoms with Crippen LogP contribution in [-0.4, -0.2) is 25.3 Å². The van der Waals surface area contributed by atoms with Gasteiger partial charge in [-0.05, 0) is 61.4 Å². The molecule has 0 saturated heterocycles. The van der Waals surface area contributed by atoms with Gasteiger partial charge >= 0.3 is 0 Å². The Hall–Kier alpha value is -2.82. The van der Waals surface area contributed by atoms with Crippen molar-refractivity contribution in [1.82, 2.24) is 5.43 Å². The normalized spacial score (nSPS) is 10.5. The monoisotopic (exact) mass is 312 g/mol. The van der Waals surface area contributed by atoms with Gasteiger partial charge in [0.1, 0.15) is 11.5 Å². The molecular weight excluding hydrogens is 292 g/mol. The molecule has 0 fully saturated rings. The maximum atomic E-state index is 11.7. The van der Waals surface area contributed by atoms with Crippen molar-refractivity contribution in [2.45, 2.75) is 13.8 Å². The minimum Gasteiger partial charge on any atom is -0.494 e. The van der Waals surface area contributed by atoms with Gasteiger partial charge in [0.05, 0.1) is 12.8 Å². The second kappa shape index (κ2) is 8.58. The zero-order valence-electron chi connectivity index (χ0n) is 13.3. The van der Waals surface area contributed by atoms with Crippen molar-refractivity contribution in [2.24, 2.45) is 5.10 Å². The molecule has 0 atom stereocenters. The van der Waals surface area contributed by atoms with E-state index in [9.17, 15) is 4.79 Å². The van der Waals surface area contributed by atoms with E-state index < -0.39 is 0 Å². The van der Waals surface area contributed by atoms with Crippen molar-refractivity contribution < 1.29 is 14.3 Å². The van der Waals surface area contributed by atoms with E-state index in [1.807, 2.05) is 62.4 Å². The van der Waals surface area contributed by atoms with Gasteiger partial charge in [0.2, 0.25) is 0 Å². The SMILES string of the molecule is CCOc1ccc(C=NNC(=O)COc2cccc(C)c2)cc1. The Morgan fingerprint density at radius 3 is 2.61 bits per heavy atom. The minimum atomic E-state index is -0.311. The number of hydrogen-bond donors (Lipinski definition) is 1. The van der Waals surface area contributed by atoms with Crippen molar-refractivity contribution in [3.63, 3.8) is 0 Å². The predicted octanol–water partition coefficient (Wildman–Crippen LogP) is 2.92. The molecule has 0 aliphatic carbocycles. The van der Waals surface area contributed by atoms with E-state index in [0.29, 0.717) is 12.4 Å². The smallest absolute Gasteiger partial charge is 0.277 e. The van der Waals surface area contributed by atoms with Crippen LogP contribution in [-0.2, 0) is 4.79 Å². The van der Waals surface area contributed by atoms with Gasteiger partial charge in [-0.25, -0.2) is 5.43 Å². The number of rotatable bonds is 7. The molecule has 0 aromatic heterocycles. The Labute approximate surface area is 135 Å². The number of hydrogen-bond acceptors (Lipinski definition) is 4. The third-order valence-corrected chi connectivity index (χ3v) is 2.95. The van der Waals surface area contributed by atoms with Crippen LogP contribution in [0.15, 0.2) is 53.6 Å². The molecule has 2 aromatic rings. The van der Waals surface area contributed by atoms with Gasteiger partial charge in [0, 0.05) is 0 Å². The first-order chi connectivity index (χ1) is 11.2. The first-order valence-corrected chi connectivity index (χ1v) is 7.41. The lowest BCUT2D eigenvalue weighted by Crippen LogP contribution is -2.24. The second-order valence-electron chi connectivity index (χ2n) is 4.90. The van der Waals surface area contributed by atoms with Crippen LogP contribution in [0.5, 0.6) is 11.5 Å². The molecule has 1 amide bonds. The van der Waals surface area contributed by atoms with Crippen LogP contribution in [0.1, 0.15) is 18.1 Å².